The van der Waals surface area contributed by atoms with Crippen LogP contribution in [0.25, 0.3) is 0 Å². The van der Waals surface area contributed by atoms with Crippen molar-refractivity contribution in [1.82, 2.24) is 9.13 Å². The van der Waals surface area contributed by atoms with Gasteiger partial charge in [0, 0.05) is 32.9 Å². The van der Waals surface area contributed by atoms with E-state index in [0.29, 0.717) is 5.82 Å². The normalized spacial score (nSPS) is 12.0. The molecule has 1 aromatic heterocycles. The van der Waals surface area contributed by atoms with Crippen LogP contribution in [0.3, 0.4) is 0 Å². The van der Waals surface area contributed by atoms with Gasteiger partial charge in [0.05, 0.1) is 0 Å². The van der Waals surface area contributed by atoms with E-state index in [1.54, 1.807) is 30.8 Å². The van der Waals surface area contributed by atoms with E-state index >= 15 is 0 Å². The summed E-state index contributed by atoms with van der Waals surface area (Å²) >= 11 is 1.67. The van der Waals surface area contributed by atoms with Gasteiger partial charge in [0.15, 0.2) is 5.56 Å². The Bertz CT molecular complexity index is 626. The summed E-state index contributed by atoms with van der Waals surface area (Å²) in [5, 5.41) is 9.19. The summed E-state index contributed by atoms with van der Waals surface area (Å²) in [7, 11) is 4.73. The molecule has 7 heteroatoms. The molecule has 1 atom stereocenters. The number of rotatable bonds is 4. The van der Waals surface area contributed by atoms with Gasteiger partial charge in [0.25, 0.3) is 5.56 Å². The van der Waals surface area contributed by atoms with Gasteiger partial charge in [-0.3, -0.25) is 13.9 Å². The summed E-state index contributed by atoms with van der Waals surface area (Å²) in [5.74, 6) is 1.21. The van der Waals surface area contributed by atoms with Crippen LogP contribution < -0.4 is 16.1 Å². The smallest absolute Gasteiger partial charge is 0.332 e. The van der Waals surface area contributed by atoms with Gasteiger partial charge in [-0.05, 0) is 13.2 Å². The number of hydrogen-bond donors (Lipinski definition) is 0. The lowest BCUT2D eigenvalue weighted by molar-refractivity contribution is 0.647. The zero-order chi connectivity index (χ0) is 14.7. The van der Waals surface area contributed by atoms with E-state index in [0.717, 1.165) is 10.3 Å². The number of thioether (sulfide) groups is 1. The van der Waals surface area contributed by atoms with Crippen molar-refractivity contribution < 1.29 is 0 Å². The second-order valence-electron chi connectivity index (χ2n) is 4.43. The van der Waals surface area contributed by atoms with Crippen molar-refractivity contribution in [3.05, 3.63) is 26.4 Å². The Morgan fingerprint density at radius 3 is 2.42 bits per heavy atom. The zero-order valence-electron chi connectivity index (χ0n) is 11.8. The molecule has 0 N–H and O–H groups in total. The van der Waals surface area contributed by atoms with Gasteiger partial charge in [-0.25, -0.2) is 4.79 Å². The average molecular weight is 282 g/mol. The first-order valence-corrected chi connectivity index (χ1v) is 7.18. The Balaban J connectivity index is 3.56. The molecule has 1 unspecified atom stereocenters. The third-order valence-electron chi connectivity index (χ3n) is 3.15. The monoisotopic (exact) mass is 282 g/mol. The predicted octanol–water partition coefficient (Wildman–Crippen LogP) is 0.143. The van der Waals surface area contributed by atoms with Crippen LogP contribution in [-0.2, 0) is 14.1 Å². The van der Waals surface area contributed by atoms with Gasteiger partial charge in [-0.1, -0.05) is 0 Å². The number of nitrogens with zero attached hydrogens (tertiary/aromatic N) is 4. The Morgan fingerprint density at radius 2 is 1.95 bits per heavy atom. The number of hydrogen-bond acceptors (Lipinski definition) is 5. The van der Waals surface area contributed by atoms with E-state index in [1.165, 1.54) is 11.6 Å². The van der Waals surface area contributed by atoms with Crippen LogP contribution in [0.1, 0.15) is 12.5 Å². The first-order chi connectivity index (χ1) is 8.86. The van der Waals surface area contributed by atoms with E-state index in [9.17, 15) is 14.9 Å². The van der Waals surface area contributed by atoms with Crippen molar-refractivity contribution in [2.45, 2.75) is 13.0 Å². The SMILES string of the molecule is CSCC(C)N(C)c1c(C#N)c(=O)n(C)c(=O)n1C. The van der Waals surface area contributed by atoms with Crippen LogP contribution in [0.4, 0.5) is 5.82 Å². The average Bonchev–Trinajstić information content (AvgIpc) is 2.39. The van der Waals surface area contributed by atoms with Gasteiger partial charge in [-0.2, -0.15) is 17.0 Å². The van der Waals surface area contributed by atoms with Gasteiger partial charge >= 0.3 is 5.69 Å². The molecule has 0 amide bonds. The molecule has 0 bridgehead atoms. The highest BCUT2D eigenvalue weighted by molar-refractivity contribution is 7.98. The summed E-state index contributed by atoms with van der Waals surface area (Å²) in [6.07, 6.45) is 1.98. The van der Waals surface area contributed by atoms with Crippen molar-refractivity contribution in [1.29, 1.82) is 5.26 Å². The molecule has 104 valence electrons. The highest BCUT2D eigenvalue weighted by Gasteiger charge is 2.21. The summed E-state index contributed by atoms with van der Waals surface area (Å²) in [6.45, 7) is 1.99. The lowest BCUT2D eigenvalue weighted by atomic mass is 10.2. The summed E-state index contributed by atoms with van der Waals surface area (Å²) in [4.78, 5) is 25.7. The third-order valence-corrected chi connectivity index (χ3v) is 3.96. The third kappa shape index (κ3) is 2.68. The molecule has 0 aliphatic carbocycles. The fourth-order valence-corrected chi connectivity index (χ4v) is 2.61. The molecule has 0 saturated heterocycles. The van der Waals surface area contributed by atoms with Gasteiger partial charge in [0.2, 0.25) is 0 Å². The van der Waals surface area contributed by atoms with E-state index in [1.807, 2.05) is 19.2 Å². The molecule has 0 aliphatic heterocycles. The molecule has 19 heavy (non-hydrogen) atoms. The Labute approximate surface area is 116 Å². The molecule has 0 aromatic carbocycles. The Hall–Kier alpha value is -1.68. The second-order valence-corrected chi connectivity index (χ2v) is 5.34. The first-order valence-electron chi connectivity index (χ1n) is 5.78. The van der Waals surface area contributed by atoms with Gasteiger partial charge in [0.1, 0.15) is 11.9 Å². The maximum atomic E-state index is 12.0. The minimum absolute atomic E-state index is 0.0000491. The van der Waals surface area contributed by atoms with Gasteiger partial charge < -0.3 is 4.90 Å². The lowest BCUT2D eigenvalue weighted by Gasteiger charge is -2.28. The standard InChI is InChI=1S/C12H18N4O2S/c1-8(7-19-5)14(2)10-9(6-13)11(17)16(4)12(18)15(10)3/h8H,7H2,1-5H3. The topological polar surface area (TPSA) is 71.0 Å². The molecule has 1 rings (SSSR count). The Morgan fingerprint density at radius 1 is 1.37 bits per heavy atom. The molecule has 0 saturated carbocycles. The highest BCUT2D eigenvalue weighted by Crippen LogP contribution is 2.17. The summed E-state index contributed by atoms with van der Waals surface area (Å²) in [6, 6.07) is 2.02. The fraction of sp³-hybridized carbons (Fsp3) is 0.583. The Kier molecular flexibility index (Phi) is 4.84. The molecule has 0 fully saturated rings. The van der Waals surface area contributed by atoms with Crippen molar-refractivity contribution in [3.8, 4) is 6.07 Å². The molecule has 0 spiro atoms. The van der Waals surface area contributed by atoms with E-state index in [4.69, 9.17) is 0 Å². The molecular formula is C12H18N4O2S. The first kappa shape index (κ1) is 15.4. The molecular weight excluding hydrogens is 264 g/mol. The maximum Gasteiger partial charge on any atom is 0.332 e. The van der Waals surface area contributed by atoms with Crippen molar-refractivity contribution in [2.75, 3.05) is 24.0 Å². The van der Waals surface area contributed by atoms with Crippen molar-refractivity contribution >= 4 is 17.6 Å². The largest absolute Gasteiger partial charge is 0.356 e. The predicted molar refractivity (Wildman–Crippen MR) is 77.9 cm³/mol. The van der Waals surface area contributed by atoms with Crippen LogP contribution in [0, 0.1) is 11.3 Å². The number of aromatic nitrogens is 2. The van der Waals surface area contributed by atoms with Crippen LogP contribution in [0.2, 0.25) is 0 Å². The minimum atomic E-state index is -0.552. The second kappa shape index (κ2) is 5.97. The zero-order valence-corrected chi connectivity index (χ0v) is 12.6. The maximum absolute atomic E-state index is 12.0. The summed E-state index contributed by atoms with van der Waals surface area (Å²) < 4.78 is 2.30. The molecule has 0 aliphatic rings. The van der Waals surface area contributed by atoms with Crippen LogP contribution in [0.15, 0.2) is 9.59 Å². The van der Waals surface area contributed by atoms with E-state index in [2.05, 4.69) is 0 Å². The summed E-state index contributed by atoms with van der Waals surface area (Å²) in [5.41, 5.74) is -0.981. The molecule has 1 aromatic rings. The van der Waals surface area contributed by atoms with Gasteiger partial charge in [-0.15, -0.1) is 0 Å². The van der Waals surface area contributed by atoms with Crippen LogP contribution in [-0.4, -0.2) is 34.2 Å². The van der Waals surface area contributed by atoms with E-state index < -0.39 is 11.2 Å². The lowest BCUT2D eigenvalue weighted by Crippen LogP contribution is -2.44. The quantitative estimate of drug-likeness (QED) is 0.786. The van der Waals surface area contributed by atoms with Crippen LogP contribution in [0.5, 0.6) is 0 Å². The van der Waals surface area contributed by atoms with E-state index in [-0.39, 0.29) is 11.6 Å². The van der Waals surface area contributed by atoms with Crippen LogP contribution >= 0.6 is 11.8 Å². The molecule has 1 heterocycles. The molecule has 0 radical (unpaired) electrons. The number of nitriles is 1. The highest BCUT2D eigenvalue weighted by atomic mass is 32.2. The fourth-order valence-electron chi connectivity index (χ4n) is 1.91. The molecule has 6 nitrogen and oxygen atoms in total. The minimum Gasteiger partial charge on any atom is -0.356 e. The van der Waals surface area contributed by atoms with Crippen molar-refractivity contribution in [2.24, 2.45) is 14.1 Å². The number of anilines is 1. The van der Waals surface area contributed by atoms with Crippen molar-refractivity contribution in [3.63, 3.8) is 0 Å².